The summed E-state index contributed by atoms with van der Waals surface area (Å²) in [6, 6.07) is 5.15. The summed E-state index contributed by atoms with van der Waals surface area (Å²) in [5.41, 5.74) is 0. The van der Waals surface area contributed by atoms with Crippen molar-refractivity contribution in [2.45, 2.75) is 9.79 Å². The summed E-state index contributed by atoms with van der Waals surface area (Å²) in [5.74, 6) is 0. The third-order valence-electron chi connectivity index (χ3n) is 2.28. The van der Waals surface area contributed by atoms with Crippen molar-refractivity contribution >= 4 is 93.0 Å². The maximum Gasteiger partial charge on any atom is 0.0809 e. The largest absolute Gasteiger partial charge is 0.0868 e. The summed E-state index contributed by atoms with van der Waals surface area (Å²) < 4.78 is 0. The fraction of sp³-hybridized carbons (Fsp3) is 0. The van der Waals surface area contributed by atoms with E-state index in [0.29, 0.717) is 14.9 Å². The first-order valence-electron chi connectivity index (χ1n) is 4.97. The van der Waals surface area contributed by atoms with E-state index in [9.17, 15) is 0 Å². The highest BCUT2D eigenvalue weighted by Gasteiger charge is 2.20. The molecule has 0 radical (unpaired) electrons. The SMILES string of the molecule is Clc1ccc(Sc2c(Cl)c(Cl)c(Cl)c(Cl)c2Cl)cc1Cl. The number of halogens is 7. The number of hydrogen-bond acceptors (Lipinski definition) is 1. The Morgan fingerprint density at radius 1 is 0.600 bits per heavy atom. The van der Waals surface area contributed by atoms with Crippen LogP contribution in [0.1, 0.15) is 0 Å². The van der Waals surface area contributed by atoms with Crippen LogP contribution in [-0.4, -0.2) is 0 Å². The highest BCUT2D eigenvalue weighted by Crippen LogP contribution is 2.49. The lowest BCUT2D eigenvalue weighted by atomic mass is 10.3. The molecule has 2 rings (SSSR count). The van der Waals surface area contributed by atoms with E-state index < -0.39 is 0 Å². The maximum atomic E-state index is 6.16. The van der Waals surface area contributed by atoms with Gasteiger partial charge in [0.15, 0.2) is 0 Å². The van der Waals surface area contributed by atoms with E-state index in [2.05, 4.69) is 0 Å². The molecule has 0 fully saturated rings. The van der Waals surface area contributed by atoms with E-state index in [-0.39, 0.29) is 25.1 Å². The molecule has 0 heterocycles. The molecule has 0 saturated carbocycles. The molecule has 0 atom stereocenters. The van der Waals surface area contributed by atoms with Crippen molar-refractivity contribution in [1.82, 2.24) is 0 Å². The Kier molecular flexibility index (Phi) is 5.96. The molecule has 2 aromatic rings. The Morgan fingerprint density at radius 3 is 1.60 bits per heavy atom. The van der Waals surface area contributed by atoms with Gasteiger partial charge < -0.3 is 0 Å². The van der Waals surface area contributed by atoms with E-state index in [1.807, 2.05) is 0 Å². The van der Waals surface area contributed by atoms with E-state index in [0.717, 1.165) is 4.90 Å². The van der Waals surface area contributed by atoms with Crippen LogP contribution in [0, 0.1) is 0 Å². The molecular weight excluding hydrogens is 424 g/mol. The second-order valence-corrected chi connectivity index (χ2v) is 7.37. The minimum absolute atomic E-state index is 0.127. The van der Waals surface area contributed by atoms with Crippen LogP contribution in [0.2, 0.25) is 35.2 Å². The van der Waals surface area contributed by atoms with Gasteiger partial charge in [-0.15, -0.1) is 0 Å². The summed E-state index contributed by atoms with van der Waals surface area (Å²) in [4.78, 5) is 1.30. The van der Waals surface area contributed by atoms with Gasteiger partial charge in [-0.3, -0.25) is 0 Å². The van der Waals surface area contributed by atoms with Gasteiger partial charge in [0.2, 0.25) is 0 Å². The summed E-state index contributed by atoms with van der Waals surface area (Å²) in [5, 5.41) is 1.80. The van der Waals surface area contributed by atoms with Gasteiger partial charge in [0.25, 0.3) is 0 Å². The monoisotopic (exact) mass is 424 g/mol. The fourth-order valence-electron chi connectivity index (χ4n) is 1.33. The third-order valence-corrected chi connectivity index (χ3v) is 6.62. The van der Waals surface area contributed by atoms with Gasteiger partial charge in [0.1, 0.15) is 0 Å². The zero-order valence-corrected chi connectivity index (χ0v) is 15.4. The molecule has 0 saturated heterocycles. The van der Waals surface area contributed by atoms with E-state index in [1.54, 1.807) is 18.2 Å². The van der Waals surface area contributed by atoms with Crippen LogP contribution in [0.5, 0.6) is 0 Å². The Bertz CT molecular complexity index is 655. The summed E-state index contributed by atoms with van der Waals surface area (Å²) >= 11 is 43.4. The molecule has 0 aliphatic heterocycles. The molecule has 0 nitrogen and oxygen atoms in total. The lowest BCUT2D eigenvalue weighted by Crippen LogP contribution is -1.84. The molecule has 8 heteroatoms. The molecule has 0 amide bonds. The van der Waals surface area contributed by atoms with E-state index in [4.69, 9.17) is 81.2 Å². The summed E-state index contributed by atoms with van der Waals surface area (Å²) in [7, 11) is 0. The molecule has 106 valence electrons. The van der Waals surface area contributed by atoms with Crippen LogP contribution >= 0.6 is 93.0 Å². The molecule has 2 aromatic carbocycles. The number of benzene rings is 2. The first-order valence-corrected chi connectivity index (χ1v) is 8.43. The highest BCUT2D eigenvalue weighted by molar-refractivity contribution is 7.99. The van der Waals surface area contributed by atoms with Gasteiger partial charge in [0.05, 0.1) is 40.1 Å². The van der Waals surface area contributed by atoms with Crippen LogP contribution in [0.4, 0.5) is 0 Å². The van der Waals surface area contributed by atoms with E-state index in [1.165, 1.54) is 11.8 Å². The van der Waals surface area contributed by atoms with Crippen LogP contribution in [-0.2, 0) is 0 Å². The van der Waals surface area contributed by atoms with Gasteiger partial charge in [0, 0.05) is 4.90 Å². The van der Waals surface area contributed by atoms with Gasteiger partial charge in [-0.1, -0.05) is 93.0 Å². The van der Waals surface area contributed by atoms with Crippen LogP contribution < -0.4 is 0 Å². The maximum absolute atomic E-state index is 6.16. The van der Waals surface area contributed by atoms with Gasteiger partial charge in [-0.05, 0) is 18.2 Å². The first kappa shape index (κ1) is 17.2. The molecule has 0 aromatic heterocycles. The van der Waals surface area contributed by atoms with Crippen molar-refractivity contribution < 1.29 is 0 Å². The topological polar surface area (TPSA) is 0 Å². The second-order valence-electron chi connectivity index (χ2n) is 3.58. The standard InChI is InChI=1S/C12H3Cl7S/c13-5-2-1-4(3-6(5)14)20-12-10(18)8(16)7(15)9(17)11(12)19/h1-3H. The fourth-order valence-corrected chi connectivity index (χ4v) is 4.11. The number of rotatable bonds is 2. The minimum atomic E-state index is 0.127. The zero-order valence-electron chi connectivity index (χ0n) is 9.29. The van der Waals surface area contributed by atoms with Gasteiger partial charge in [-0.2, -0.15) is 0 Å². The lowest BCUT2D eigenvalue weighted by Gasteiger charge is -2.12. The highest BCUT2D eigenvalue weighted by atomic mass is 35.5. The van der Waals surface area contributed by atoms with Gasteiger partial charge >= 0.3 is 0 Å². The van der Waals surface area contributed by atoms with Crippen molar-refractivity contribution in [2.24, 2.45) is 0 Å². The van der Waals surface area contributed by atoms with Crippen molar-refractivity contribution in [2.75, 3.05) is 0 Å². The van der Waals surface area contributed by atoms with Crippen LogP contribution in [0.3, 0.4) is 0 Å². The Labute approximate surface area is 155 Å². The second kappa shape index (κ2) is 6.93. The molecular formula is C12H3Cl7S. The molecule has 0 unspecified atom stereocenters. The molecule has 20 heavy (non-hydrogen) atoms. The predicted molar refractivity (Wildman–Crippen MR) is 92.1 cm³/mol. The third kappa shape index (κ3) is 3.42. The predicted octanol–water partition coefficient (Wildman–Crippen LogP) is 8.41. The molecule has 0 aliphatic carbocycles. The van der Waals surface area contributed by atoms with Gasteiger partial charge in [-0.25, -0.2) is 0 Å². The minimum Gasteiger partial charge on any atom is -0.0868 e. The normalized spacial score (nSPS) is 10.9. The zero-order chi connectivity index (χ0) is 15.0. The summed E-state index contributed by atoms with van der Waals surface area (Å²) in [6.07, 6.45) is 0. The smallest absolute Gasteiger partial charge is 0.0809 e. The average molecular weight is 427 g/mol. The average Bonchev–Trinajstić information content (AvgIpc) is 2.43. The van der Waals surface area contributed by atoms with Crippen LogP contribution in [0.15, 0.2) is 28.0 Å². The first-order chi connectivity index (χ1) is 9.32. The van der Waals surface area contributed by atoms with E-state index >= 15 is 0 Å². The molecule has 0 spiro atoms. The van der Waals surface area contributed by atoms with Crippen molar-refractivity contribution in [1.29, 1.82) is 0 Å². The molecule has 0 bridgehead atoms. The Morgan fingerprint density at radius 2 is 1.10 bits per heavy atom. The van der Waals surface area contributed by atoms with Crippen molar-refractivity contribution in [3.8, 4) is 0 Å². The quantitative estimate of drug-likeness (QED) is 0.342. The number of hydrogen-bond donors (Lipinski definition) is 0. The lowest BCUT2D eigenvalue weighted by molar-refractivity contribution is 1.40. The van der Waals surface area contributed by atoms with Crippen LogP contribution in [0.25, 0.3) is 0 Å². The Hall–Kier alpha value is 0.820. The Balaban J connectivity index is 2.51. The van der Waals surface area contributed by atoms with Crippen molar-refractivity contribution in [3.63, 3.8) is 0 Å². The molecule has 0 aliphatic rings. The molecule has 0 N–H and O–H groups in total. The summed E-state index contributed by atoms with van der Waals surface area (Å²) in [6.45, 7) is 0. The van der Waals surface area contributed by atoms with Crippen molar-refractivity contribution in [3.05, 3.63) is 53.4 Å².